The monoisotopic (exact) mass is 490 g/mol. The predicted octanol–water partition coefficient (Wildman–Crippen LogP) is 2.14. The number of carbonyl (C=O) groups is 2. The first-order valence-corrected chi connectivity index (χ1v) is 12.7. The highest BCUT2D eigenvalue weighted by molar-refractivity contribution is 7.89. The van der Waals surface area contributed by atoms with E-state index in [1.54, 1.807) is 18.2 Å². The number of carbonyl (C=O) groups excluding carboxylic acids is 2. The second-order valence-electron chi connectivity index (χ2n) is 8.65. The topological polar surface area (TPSA) is 113 Å². The molecule has 0 saturated carbocycles. The highest BCUT2D eigenvalue weighted by atomic mass is 32.2. The molecule has 3 rings (SSSR count). The fourth-order valence-electron chi connectivity index (χ4n) is 3.97. The molecular formula is C24H31FN4O4S. The van der Waals surface area contributed by atoms with E-state index < -0.39 is 27.8 Å². The van der Waals surface area contributed by atoms with Crippen molar-refractivity contribution in [2.45, 2.75) is 30.6 Å². The lowest BCUT2D eigenvalue weighted by Gasteiger charge is -2.30. The molecule has 0 radical (unpaired) electrons. The summed E-state index contributed by atoms with van der Waals surface area (Å²) in [5, 5.41) is 2.75. The maximum absolute atomic E-state index is 13.2. The maximum Gasteiger partial charge on any atom is 0.253 e. The minimum atomic E-state index is -3.74. The number of sulfonamides is 1. The van der Waals surface area contributed by atoms with Crippen LogP contribution in [-0.4, -0.2) is 58.3 Å². The Morgan fingerprint density at radius 1 is 1.09 bits per heavy atom. The molecule has 1 atom stereocenters. The number of primary amides is 1. The largest absolute Gasteiger partial charge is 0.371 e. The lowest BCUT2D eigenvalue weighted by atomic mass is 9.98. The van der Waals surface area contributed by atoms with Crippen LogP contribution in [0.4, 0.5) is 10.1 Å². The molecule has 1 aliphatic rings. The Morgan fingerprint density at radius 2 is 1.74 bits per heavy atom. The first-order chi connectivity index (χ1) is 16.1. The third-order valence-corrected chi connectivity index (χ3v) is 7.81. The Morgan fingerprint density at radius 3 is 2.32 bits per heavy atom. The number of rotatable bonds is 9. The van der Waals surface area contributed by atoms with Gasteiger partial charge in [0.2, 0.25) is 15.9 Å². The standard InChI is InChI=1S/C24H31FN4O4S/c1-28(2)34(32,33)20-10-11-22(29-12-4-3-5-13-29)21(15-20)24(31)27-16-18(23(26)30)14-17-6-8-19(25)9-7-17/h6-11,15,18H,3-5,12-14,16H2,1-2H3,(H2,26,30)(H,27,31). The van der Waals surface area contributed by atoms with Gasteiger partial charge in [-0.3, -0.25) is 9.59 Å². The van der Waals surface area contributed by atoms with Gasteiger partial charge in [-0.15, -0.1) is 0 Å². The molecule has 1 fully saturated rings. The van der Waals surface area contributed by atoms with Gasteiger partial charge in [0.05, 0.1) is 16.4 Å². The van der Waals surface area contributed by atoms with Gasteiger partial charge in [0.15, 0.2) is 0 Å². The van der Waals surface area contributed by atoms with Crippen molar-refractivity contribution >= 4 is 27.5 Å². The third kappa shape index (κ3) is 6.12. The highest BCUT2D eigenvalue weighted by Crippen LogP contribution is 2.28. The second-order valence-corrected chi connectivity index (χ2v) is 10.8. The van der Waals surface area contributed by atoms with Gasteiger partial charge in [-0.05, 0) is 61.6 Å². The van der Waals surface area contributed by atoms with Crippen molar-refractivity contribution < 1.29 is 22.4 Å². The first kappa shape index (κ1) is 25.6. The summed E-state index contributed by atoms with van der Waals surface area (Å²) in [7, 11) is -0.877. The van der Waals surface area contributed by atoms with Crippen molar-refractivity contribution in [3.63, 3.8) is 0 Å². The Balaban J connectivity index is 1.85. The first-order valence-electron chi connectivity index (χ1n) is 11.2. The number of nitrogens with one attached hydrogen (secondary N) is 1. The van der Waals surface area contributed by atoms with E-state index in [-0.39, 0.29) is 29.2 Å². The molecule has 10 heteroatoms. The van der Waals surface area contributed by atoms with E-state index in [1.165, 1.54) is 38.4 Å². The summed E-state index contributed by atoms with van der Waals surface area (Å²) in [6.07, 6.45) is 3.32. The van der Waals surface area contributed by atoms with Crippen molar-refractivity contribution in [3.8, 4) is 0 Å². The van der Waals surface area contributed by atoms with E-state index in [2.05, 4.69) is 10.2 Å². The fourth-order valence-corrected chi connectivity index (χ4v) is 4.90. The maximum atomic E-state index is 13.2. The summed E-state index contributed by atoms with van der Waals surface area (Å²) < 4.78 is 39.6. The van der Waals surface area contributed by atoms with Gasteiger partial charge in [0.25, 0.3) is 5.91 Å². The molecule has 1 saturated heterocycles. The molecule has 1 unspecified atom stereocenters. The van der Waals surface area contributed by atoms with Crippen LogP contribution in [-0.2, 0) is 21.2 Å². The summed E-state index contributed by atoms with van der Waals surface area (Å²) >= 11 is 0. The van der Waals surface area contributed by atoms with E-state index in [4.69, 9.17) is 5.73 Å². The lowest BCUT2D eigenvalue weighted by molar-refractivity contribution is -0.121. The normalized spacial score (nSPS) is 15.2. The molecule has 2 aromatic carbocycles. The summed E-state index contributed by atoms with van der Waals surface area (Å²) in [5.74, 6) is -2.17. The van der Waals surface area contributed by atoms with Crippen LogP contribution < -0.4 is 16.0 Å². The SMILES string of the molecule is CN(C)S(=O)(=O)c1ccc(N2CCCCC2)c(C(=O)NCC(Cc2ccc(F)cc2)C(N)=O)c1. The van der Waals surface area contributed by atoms with E-state index in [9.17, 15) is 22.4 Å². The molecule has 0 aliphatic carbocycles. The average Bonchev–Trinajstić information content (AvgIpc) is 2.82. The number of hydrogen-bond acceptors (Lipinski definition) is 5. The predicted molar refractivity (Wildman–Crippen MR) is 129 cm³/mol. The number of amides is 2. The quantitative estimate of drug-likeness (QED) is 0.559. The van der Waals surface area contributed by atoms with E-state index in [0.717, 1.165) is 36.7 Å². The molecule has 8 nitrogen and oxygen atoms in total. The van der Waals surface area contributed by atoms with Crippen molar-refractivity contribution in [2.75, 3.05) is 38.6 Å². The minimum Gasteiger partial charge on any atom is -0.371 e. The molecule has 3 N–H and O–H groups in total. The third-order valence-electron chi connectivity index (χ3n) is 5.99. The lowest BCUT2D eigenvalue weighted by Crippen LogP contribution is -2.38. The fraction of sp³-hybridized carbons (Fsp3) is 0.417. The van der Waals surface area contributed by atoms with Gasteiger partial charge in [0.1, 0.15) is 5.82 Å². The number of nitrogens with two attached hydrogens (primary N) is 1. The molecule has 2 amide bonds. The Kier molecular flexibility index (Phi) is 8.27. The molecule has 184 valence electrons. The van der Waals surface area contributed by atoms with Crippen LogP contribution in [0.15, 0.2) is 47.4 Å². The van der Waals surface area contributed by atoms with Crippen LogP contribution in [0.25, 0.3) is 0 Å². The molecule has 0 spiro atoms. The number of benzene rings is 2. The number of nitrogens with zero attached hydrogens (tertiary/aromatic N) is 2. The van der Waals surface area contributed by atoms with Crippen molar-refractivity contribution in [1.82, 2.24) is 9.62 Å². The molecule has 1 heterocycles. The Hall–Kier alpha value is -2.98. The van der Waals surface area contributed by atoms with Gasteiger partial charge < -0.3 is 16.0 Å². The molecule has 0 bridgehead atoms. The van der Waals surface area contributed by atoms with Gasteiger partial charge in [0, 0.05) is 39.4 Å². The van der Waals surface area contributed by atoms with Crippen LogP contribution in [0.3, 0.4) is 0 Å². The summed E-state index contributed by atoms with van der Waals surface area (Å²) in [6, 6.07) is 10.3. The smallest absolute Gasteiger partial charge is 0.253 e. The van der Waals surface area contributed by atoms with E-state index >= 15 is 0 Å². The zero-order chi connectivity index (χ0) is 24.9. The van der Waals surface area contributed by atoms with Crippen molar-refractivity contribution in [1.29, 1.82) is 0 Å². The molecule has 1 aliphatic heterocycles. The molecular weight excluding hydrogens is 459 g/mol. The zero-order valence-corrected chi connectivity index (χ0v) is 20.3. The highest BCUT2D eigenvalue weighted by Gasteiger charge is 2.25. The number of piperidine rings is 1. The Bertz CT molecular complexity index is 1130. The molecule has 34 heavy (non-hydrogen) atoms. The van der Waals surface area contributed by atoms with Gasteiger partial charge in [-0.2, -0.15) is 0 Å². The summed E-state index contributed by atoms with van der Waals surface area (Å²) in [6.45, 7) is 1.51. The minimum absolute atomic E-state index is 0.0150. The van der Waals surface area contributed by atoms with Crippen LogP contribution in [0.5, 0.6) is 0 Å². The Labute approximate surface area is 200 Å². The van der Waals surface area contributed by atoms with E-state index in [0.29, 0.717) is 11.3 Å². The zero-order valence-electron chi connectivity index (χ0n) is 19.5. The van der Waals surface area contributed by atoms with Crippen molar-refractivity contribution in [3.05, 3.63) is 59.4 Å². The van der Waals surface area contributed by atoms with Gasteiger partial charge >= 0.3 is 0 Å². The van der Waals surface area contributed by atoms with E-state index in [1.807, 2.05) is 0 Å². The summed E-state index contributed by atoms with van der Waals surface area (Å²) in [4.78, 5) is 27.3. The van der Waals surface area contributed by atoms with Crippen LogP contribution in [0.2, 0.25) is 0 Å². The molecule has 2 aromatic rings. The second kappa shape index (κ2) is 11.0. The summed E-state index contributed by atoms with van der Waals surface area (Å²) in [5.41, 5.74) is 7.15. The average molecular weight is 491 g/mol. The van der Waals surface area contributed by atoms with Crippen LogP contribution >= 0.6 is 0 Å². The van der Waals surface area contributed by atoms with Crippen molar-refractivity contribution in [2.24, 2.45) is 11.7 Å². The number of anilines is 1. The molecule has 0 aromatic heterocycles. The number of halogens is 1. The number of hydrogen-bond donors (Lipinski definition) is 2. The van der Waals surface area contributed by atoms with Crippen LogP contribution in [0.1, 0.15) is 35.2 Å². The van der Waals surface area contributed by atoms with Crippen LogP contribution in [0, 0.1) is 11.7 Å². The van der Waals surface area contributed by atoms with Gasteiger partial charge in [-0.25, -0.2) is 17.1 Å². The van der Waals surface area contributed by atoms with Gasteiger partial charge in [-0.1, -0.05) is 12.1 Å².